The van der Waals surface area contributed by atoms with Crippen LogP contribution in [0.3, 0.4) is 0 Å². The lowest BCUT2D eigenvalue weighted by Crippen LogP contribution is -2.56. The van der Waals surface area contributed by atoms with Gasteiger partial charge in [-0.05, 0) is 60.6 Å². The molecule has 1 saturated carbocycles. The van der Waals surface area contributed by atoms with Crippen molar-refractivity contribution in [1.82, 2.24) is 4.90 Å². The first-order chi connectivity index (χ1) is 14.9. The molecule has 0 spiro atoms. The number of benzene rings is 2. The van der Waals surface area contributed by atoms with E-state index in [1.807, 2.05) is 53.4 Å². The van der Waals surface area contributed by atoms with E-state index in [1.54, 1.807) is 0 Å². The molecule has 2 aromatic carbocycles. The van der Waals surface area contributed by atoms with Gasteiger partial charge in [-0.25, -0.2) is 0 Å². The first kappa shape index (κ1) is 22.6. The molecule has 5 nitrogen and oxygen atoms in total. The smallest absolute Gasteiger partial charge is 0.303 e. The predicted octanol–water partition coefficient (Wildman–Crippen LogP) is 4.70. The number of carboxylic acids is 1. The van der Waals surface area contributed by atoms with Crippen LogP contribution in [-0.4, -0.2) is 45.1 Å². The van der Waals surface area contributed by atoms with Gasteiger partial charge in [-0.1, -0.05) is 47.5 Å². The van der Waals surface area contributed by atoms with E-state index >= 15 is 0 Å². The second-order valence-electron chi connectivity index (χ2n) is 8.70. The van der Waals surface area contributed by atoms with E-state index in [-0.39, 0.29) is 36.9 Å². The molecule has 1 aliphatic heterocycles. The summed E-state index contributed by atoms with van der Waals surface area (Å²) in [6.07, 6.45) is 1.39. The lowest BCUT2D eigenvalue weighted by atomic mass is 9.73. The Hall–Kier alpha value is -1.63. The molecule has 2 unspecified atom stereocenters. The summed E-state index contributed by atoms with van der Waals surface area (Å²) in [6.45, 7) is -0.0894. The zero-order valence-electron chi connectivity index (χ0n) is 17.1. The summed E-state index contributed by atoms with van der Waals surface area (Å²) in [5.41, 5.74) is 1.97. The monoisotopic (exact) mass is 463 g/mol. The van der Waals surface area contributed by atoms with Gasteiger partial charge < -0.3 is 15.3 Å². The molecule has 166 valence electrons. The highest BCUT2D eigenvalue weighted by Gasteiger charge is 2.49. The number of hydrogen-bond acceptors (Lipinski definition) is 4. The molecule has 0 bridgehead atoms. The summed E-state index contributed by atoms with van der Waals surface area (Å²) in [5.74, 6) is -1.21. The van der Waals surface area contributed by atoms with Crippen LogP contribution in [0.5, 0.6) is 0 Å². The van der Waals surface area contributed by atoms with Crippen molar-refractivity contribution in [2.45, 2.75) is 49.9 Å². The number of carboxylic acid groups (broad SMARTS) is 1. The first-order valence-corrected chi connectivity index (χ1v) is 11.4. The number of halogens is 2. The maximum Gasteiger partial charge on any atom is 0.303 e. The number of piperidine rings is 1. The lowest BCUT2D eigenvalue weighted by molar-refractivity contribution is -0.156. The number of rotatable bonds is 7. The van der Waals surface area contributed by atoms with Crippen LogP contribution in [0.15, 0.2) is 48.5 Å². The van der Waals surface area contributed by atoms with E-state index in [9.17, 15) is 20.1 Å². The molecule has 3 N–H and O–H groups in total. The van der Waals surface area contributed by atoms with Crippen molar-refractivity contribution in [3.63, 3.8) is 0 Å². The van der Waals surface area contributed by atoms with Crippen LogP contribution in [0, 0.1) is 11.8 Å². The first-order valence-electron chi connectivity index (χ1n) is 10.7. The zero-order chi connectivity index (χ0) is 22.1. The van der Waals surface area contributed by atoms with Crippen molar-refractivity contribution < 1.29 is 20.1 Å². The molecule has 7 heteroatoms. The minimum atomic E-state index is -0.968. The van der Waals surface area contributed by atoms with Crippen molar-refractivity contribution >= 4 is 29.2 Å². The summed E-state index contributed by atoms with van der Waals surface area (Å²) in [4.78, 5) is 13.5. The Balaban J connectivity index is 1.83. The SMILES string of the molecule is O=C(O)C[C@H]1CC(c2cccc(Cl)c2)[C@@H](c2ccc(Cl)cc2)N([C@H](CO)C2CC2)C1O. The van der Waals surface area contributed by atoms with Gasteiger partial charge in [0.25, 0.3) is 0 Å². The molecule has 5 atom stereocenters. The molecule has 0 amide bonds. The third-order valence-corrected chi connectivity index (χ3v) is 7.13. The van der Waals surface area contributed by atoms with Gasteiger partial charge in [0.2, 0.25) is 0 Å². The molecule has 0 aromatic heterocycles. The molecular formula is C24H27Cl2NO4. The second kappa shape index (κ2) is 9.47. The Morgan fingerprint density at radius 2 is 1.77 bits per heavy atom. The van der Waals surface area contributed by atoms with Crippen molar-refractivity contribution in [3.05, 3.63) is 69.7 Å². The fourth-order valence-electron chi connectivity index (χ4n) is 5.10. The van der Waals surface area contributed by atoms with Crippen LogP contribution in [0.4, 0.5) is 0 Å². The Bertz CT molecular complexity index is 918. The number of carbonyl (C=O) groups is 1. The van der Waals surface area contributed by atoms with Gasteiger partial charge in [0.15, 0.2) is 0 Å². The molecule has 1 saturated heterocycles. The topological polar surface area (TPSA) is 81.0 Å². The van der Waals surface area contributed by atoms with Gasteiger partial charge in [-0.15, -0.1) is 0 Å². The highest BCUT2D eigenvalue weighted by atomic mass is 35.5. The van der Waals surface area contributed by atoms with E-state index in [4.69, 9.17) is 23.2 Å². The maximum atomic E-state index is 11.6. The number of hydrogen-bond donors (Lipinski definition) is 3. The minimum Gasteiger partial charge on any atom is -0.481 e. The van der Waals surface area contributed by atoms with Crippen LogP contribution in [0.25, 0.3) is 0 Å². The van der Waals surface area contributed by atoms with Crippen molar-refractivity contribution in [3.8, 4) is 0 Å². The molecule has 4 rings (SSSR count). The number of nitrogens with zero attached hydrogens (tertiary/aromatic N) is 1. The normalized spacial score (nSPS) is 27.7. The number of aliphatic hydroxyl groups excluding tert-OH is 2. The number of likely N-dealkylation sites (tertiary alicyclic amines) is 1. The number of aliphatic hydroxyl groups is 2. The van der Waals surface area contributed by atoms with E-state index in [1.165, 1.54) is 0 Å². The highest BCUT2D eigenvalue weighted by Crippen LogP contribution is 2.51. The van der Waals surface area contributed by atoms with Crippen molar-refractivity contribution in [1.29, 1.82) is 0 Å². The third-order valence-electron chi connectivity index (χ3n) is 6.65. The average Bonchev–Trinajstić information content (AvgIpc) is 3.57. The van der Waals surface area contributed by atoms with Gasteiger partial charge >= 0.3 is 5.97 Å². The van der Waals surface area contributed by atoms with Crippen LogP contribution in [0.1, 0.15) is 48.8 Å². The zero-order valence-corrected chi connectivity index (χ0v) is 18.6. The van der Waals surface area contributed by atoms with E-state index in [2.05, 4.69) is 0 Å². The highest BCUT2D eigenvalue weighted by molar-refractivity contribution is 6.30. The molecule has 2 aliphatic rings. The molecule has 1 heterocycles. The van der Waals surface area contributed by atoms with Crippen LogP contribution in [0.2, 0.25) is 10.0 Å². The van der Waals surface area contributed by atoms with E-state index < -0.39 is 18.1 Å². The summed E-state index contributed by atoms with van der Waals surface area (Å²) < 4.78 is 0. The van der Waals surface area contributed by atoms with Gasteiger partial charge in [0, 0.05) is 34.0 Å². The molecule has 2 fully saturated rings. The second-order valence-corrected chi connectivity index (χ2v) is 9.57. The van der Waals surface area contributed by atoms with E-state index in [0.29, 0.717) is 16.5 Å². The van der Waals surface area contributed by atoms with Gasteiger partial charge in [-0.2, -0.15) is 0 Å². The third kappa shape index (κ3) is 4.91. The van der Waals surface area contributed by atoms with Crippen molar-refractivity contribution in [2.75, 3.05) is 6.61 Å². The van der Waals surface area contributed by atoms with Gasteiger partial charge in [0.05, 0.1) is 13.0 Å². The predicted molar refractivity (Wildman–Crippen MR) is 120 cm³/mol. The van der Waals surface area contributed by atoms with Gasteiger partial charge in [-0.3, -0.25) is 9.69 Å². The Morgan fingerprint density at radius 1 is 1.06 bits per heavy atom. The molecule has 31 heavy (non-hydrogen) atoms. The fraction of sp³-hybridized carbons (Fsp3) is 0.458. The minimum absolute atomic E-state index is 0.0894. The Labute approximate surface area is 192 Å². The maximum absolute atomic E-state index is 11.6. The fourth-order valence-corrected chi connectivity index (χ4v) is 5.42. The standard InChI is InChI=1S/C24H27Cl2NO4/c25-18-8-6-15(7-9-18)23-20(16-2-1-3-19(26)10-16)11-17(12-22(29)30)24(31)27(23)21(13-28)14-4-5-14/h1-3,6-10,14,17,20-21,23-24,28,31H,4-5,11-13H2,(H,29,30)/t17-,20?,21-,23-,24?/m1/s1. The summed E-state index contributed by atoms with van der Waals surface area (Å²) in [6, 6.07) is 14.7. The Kier molecular flexibility index (Phi) is 6.89. The van der Waals surface area contributed by atoms with Crippen LogP contribution >= 0.6 is 23.2 Å². The number of aliphatic carboxylic acids is 1. The quantitative estimate of drug-likeness (QED) is 0.553. The molecule has 1 aliphatic carbocycles. The molecule has 0 radical (unpaired) electrons. The Morgan fingerprint density at radius 3 is 2.35 bits per heavy atom. The molecule has 2 aromatic rings. The van der Waals surface area contributed by atoms with Crippen LogP contribution < -0.4 is 0 Å². The van der Waals surface area contributed by atoms with E-state index in [0.717, 1.165) is 24.0 Å². The summed E-state index contributed by atoms with van der Waals surface area (Å²) in [7, 11) is 0. The largest absolute Gasteiger partial charge is 0.481 e. The summed E-state index contributed by atoms with van der Waals surface area (Å²) in [5, 5.41) is 32.4. The lowest BCUT2D eigenvalue weighted by Gasteiger charge is -2.51. The average molecular weight is 464 g/mol. The van der Waals surface area contributed by atoms with Crippen molar-refractivity contribution in [2.24, 2.45) is 11.8 Å². The van der Waals surface area contributed by atoms with Gasteiger partial charge in [0.1, 0.15) is 6.23 Å². The van der Waals surface area contributed by atoms with Crippen LogP contribution in [-0.2, 0) is 4.79 Å². The summed E-state index contributed by atoms with van der Waals surface area (Å²) >= 11 is 12.4. The molecular weight excluding hydrogens is 437 g/mol.